The van der Waals surface area contributed by atoms with Crippen LogP contribution in [0.4, 0.5) is 0 Å². The first-order chi connectivity index (χ1) is 5.12. The van der Waals surface area contributed by atoms with E-state index in [0.717, 1.165) is 12.8 Å². The van der Waals surface area contributed by atoms with Crippen LogP contribution in [0.25, 0.3) is 0 Å². The number of nitrogens with one attached hydrogen (secondary N) is 1. The second kappa shape index (κ2) is 4.37. The average Bonchev–Trinajstić information content (AvgIpc) is 1.88. The van der Waals surface area contributed by atoms with Crippen LogP contribution in [0.15, 0.2) is 0 Å². The third kappa shape index (κ3) is 3.40. The van der Waals surface area contributed by atoms with Gasteiger partial charge in [0, 0.05) is 13.9 Å². The Kier molecular flexibility index (Phi) is 4.16. The Balaban J connectivity index is 0. The zero-order valence-electron chi connectivity index (χ0n) is 8.03. The summed E-state index contributed by atoms with van der Waals surface area (Å²) in [7, 11) is 0. The molecule has 2 heteroatoms. The topological polar surface area (TPSA) is 29.1 Å². The number of carbonyl (C=O) groups is 1. The quantitative estimate of drug-likeness (QED) is 0.625. The summed E-state index contributed by atoms with van der Waals surface area (Å²) in [6, 6.07) is 0. The van der Waals surface area contributed by atoms with Gasteiger partial charge >= 0.3 is 0 Å². The molecule has 1 aliphatic rings. The minimum absolute atomic E-state index is 0. The van der Waals surface area contributed by atoms with E-state index in [1.807, 2.05) is 13.8 Å². The summed E-state index contributed by atoms with van der Waals surface area (Å²) in [6.07, 6.45) is 3.55. The molecule has 1 N–H and O–H groups in total. The fraction of sp³-hybridized carbons (Fsp3) is 0.889. The van der Waals surface area contributed by atoms with Gasteiger partial charge in [-0.1, -0.05) is 13.8 Å². The number of hydrogen-bond acceptors (Lipinski definition) is 1. The first kappa shape index (κ1) is 10.5. The summed E-state index contributed by atoms with van der Waals surface area (Å²) >= 11 is 0. The maximum absolute atomic E-state index is 10.5. The molecule has 0 radical (unpaired) electrons. The minimum Gasteiger partial charge on any atom is -0.351 e. The Morgan fingerprint density at radius 3 is 2.00 bits per heavy atom. The van der Waals surface area contributed by atoms with Gasteiger partial charge in [-0.15, -0.1) is 0 Å². The van der Waals surface area contributed by atoms with Gasteiger partial charge in [0.25, 0.3) is 0 Å². The van der Waals surface area contributed by atoms with Crippen molar-refractivity contribution in [1.82, 2.24) is 5.32 Å². The van der Waals surface area contributed by atoms with Crippen molar-refractivity contribution in [3.8, 4) is 0 Å². The fourth-order valence-corrected chi connectivity index (χ4v) is 1.26. The van der Waals surface area contributed by atoms with Crippen LogP contribution in [0.2, 0.25) is 0 Å². The molecule has 0 heterocycles. The van der Waals surface area contributed by atoms with Crippen LogP contribution < -0.4 is 5.32 Å². The lowest BCUT2D eigenvalue weighted by Crippen LogP contribution is -2.50. The monoisotopic (exact) mass is 159 g/mol. The molecule has 11 heavy (non-hydrogen) atoms. The highest BCUT2D eigenvalue weighted by Gasteiger charge is 2.31. The summed E-state index contributed by atoms with van der Waals surface area (Å²) in [4.78, 5) is 10.5. The van der Waals surface area contributed by atoms with Gasteiger partial charge in [0.1, 0.15) is 0 Å². The average molecular weight is 159 g/mol. The Hall–Kier alpha value is -0.530. The van der Waals surface area contributed by atoms with Gasteiger partial charge in [-0.2, -0.15) is 0 Å². The molecular weight excluding hydrogens is 138 g/mol. The molecule has 0 aliphatic heterocycles. The summed E-state index contributed by atoms with van der Waals surface area (Å²) in [5.74, 6) is 0.0946. The van der Waals surface area contributed by atoms with Crippen LogP contribution in [-0.4, -0.2) is 11.4 Å². The van der Waals surface area contributed by atoms with E-state index in [1.54, 1.807) is 6.92 Å². The minimum atomic E-state index is 0. The second-order valence-corrected chi connectivity index (χ2v) is 3.10. The summed E-state index contributed by atoms with van der Waals surface area (Å²) < 4.78 is 0. The molecule has 1 amide bonds. The highest BCUT2D eigenvalue weighted by atomic mass is 16.1. The Morgan fingerprint density at radius 1 is 1.45 bits per heavy atom. The van der Waals surface area contributed by atoms with Crippen molar-refractivity contribution >= 4 is 5.91 Å². The van der Waals surface area contributed by atoms with Gasteiger partial charge in [-0.05, 0) is 26.2 Å². The van der Waals surface area contributed by atoms with Crippen LogP contribution in [0, 0.1) is 0 Å². The van der Waals surface area contributed by atoms with Crippen molar-refractivity contribution in [3.63, 3.8) is 0 Å². The van der Waals surface area contributed by atoms with Crippen LogP contribution in [-0.2, 0) is 4.79 Å². The standard InChI is InChI=1S/C7H13NO.C2H6.H2/c1-6(9)8-7(2)4-3-5-7;1-2;/h3-5H2,1-2H3,(H,8,9);1-2H3;1H. The van der Waals surface area contributed by atoms with Gasteiger partial charge in [0.15, 0.2) is 0 Å². The van der Waals surface area contributed by atoms with E-state index >= 15 is 0 Å². The number of rotatable bonds is 1. The first-order valence-electron chi connectivity index (χ1n) is 4.41. The molecule has 1 aliphatic carbocycles. The lowest BCUT2D eigenvalue weighted by atomic mass is 9.78. The molecule has 68 valence electrons. The van der Waals surface area contributed by atoms with E-state index in [0.29, 0.717) is 0 Å². The van der Waals surface area contributed by atoms with Gasteiger partial charge in [0.2, 0.25) is 5.91 Å². The van der Waals surface area contributed by atoms with Gasteiger partial charge in [-0.3, -0.25) is 4.79 Å². The zero-order chi connectivity index (χ0) is 8.91. The number of carbonyl (C=O) groups excluding carboxylic acids is 1. The van der Waals surface area contributed by atoms with Gasteiger partial charge < -0.3 is 5.32 Å². The molecule has 0 unspecified atom stereocenters. The summed E-state index contributed by atoms with van der Waals surface area (Å²) in [5, 5.41) is 2.92. The summed E-state index contributed by atoms with van der Waals surface area (Å²) in [5.41, 5.74) is 0.145. The molecule has 0 atom stereocenters. The molecule has 0 bridgehead atoms. The fourth-order valence-electron chi connectivity index (χ4n) is 1.26. The van der Waals surface area contributed by atoms with Crippen molar-refractivity contribution in [3.05, 3.63) is 0 Å². The third-order valence-corrected chi connectivity index (χ3v) is 1.93. The zero-order valence-corrected chi connectivity index (χ0v) is 8.03. The smallest absolute Gasteiger partial charge is 0.217 e. The molecule has 1 fully saturated rings. The predicted molar refractivity (Wildman–Crippen MR) is 49.5 cm³/mol. The SMILES string of the molecule is CC.CC(=O)NC1(C)CCC1.[HH]. The van der Waals surface area contributed by atoms with Crippen LogP contribution >= 0.6 is 0 Å². The van der Waals surface area contributed by atoms with Crippen LogP contribution in [0.1, 0.15) is 48.4 Å². The molecule has 0 spiro atoms. The number of hydrogen-bond donors (Lipinski definition) is 1. The molecule has 0 aromatic rings. The van der Waals surface area contributed by atoms with E-state index in [2.05, 4.69) is 12.2 Å². The summed E-state index contributed by atoms with van der Waals surface area (Å²) in [6.45, 7) is 7.67. The molecule has 1 saturated carbocycles. The van der Waals surface area contributed by atoms with Crippen molar-refractivity contribution < 1.29 is 6.22 Å². The van der Waals surface area contributed by atoms with E-state index in [1.165, 1.54) is 6.42 Å². The highest BCUT2D eigenvalue weighted by Crippen LogP contribution is 2.30. The first-order valence-corrected chi connectivity index (χ1v) is 4.41. The normalized spacial score (nSPS) is 18.9. The van der Waals surface area contributed by atoms with Crippen molar-refractivity contribution in [2.45, 2.75) is 52.5 Å². The maximum Gasteiger partial charge on any atom is 0.217 e. The van der Waals surface area contributed by atoms with E-state index in [-0.39, 0.29) is 12.9 Å². The third-order valence-electron chi connectivity index (χ3n) is 1.93. The molecule has 0 saturated heterocycles. The molecule has 1 rings (SSSR count). The van der Waals surface area contributed by atoms with E-state index < -0.39 is 0 Å². The van der Waals surface area contributed by atoms with Gasteiger partial charge in [-0.25, -0.2) is 0 Å². The highest BCUT2D eigenvalue weighted by molar-refractivity contribution is 5.73. The molecular formula is C9H21NO. The van der Waals surface area contributed by atoms with Crippen molar-refractivity contribution in [1.29, 1.82) is 0 Å². The Bertz CT molecular complexity index is 132. The Morgan fingerprint density at radius 2 is 1.91 bits per heavy atom. The maximum atomic E-state index is 10.5. The van der Waals surface area contributed by atoms with Gasteiger partial charge in [0.05, 0.1) is 0 Å². The van der Waals surface area contributed by atoms with Crippen molar-refractivity contribution in [2.24, 2.45) is 0 Å². The Labute approximate surface area is 70.9 Å². The largest absolute Gasteiger partial charge is 0.351 e. The molecule has 0 aromatic carbocycles. The molecule has 0 aromatic heterocycles. The van der Waals surface area contributed by atoms with Crippen molar-refractivity contribution in [2.75, 3.05) is 0 Å². The van der Waals surface area contributed by atoms with Crippen LogP contribution in [0.3, 0.4) is 0 Å². The van der Waals surface area contributed by atoms with Crippen LogP contribution in [0.5, 0.6) is 0 Å². The predicted octanol–water partition coefficient (Wildman–Crippen LogP) is 2.34. The molecule has 2 nitrogen and oxygen atoms in total. The lowest BCUT2D eigenvalue weighted by molar-refractivity contribution is -0.121. The second-order valence-electron chi connectivity index (χ2n) is 3.10. The number of amides is 1. The van der Waals surface area contributed by atoms with E-state index in [9.17, 15) is 4.79 Å². The lowest BCUT2D eigenvalue weighted by Gasteiger charge is -2.38. The van der Waals surface area contributed by atoms with E-state index in [4.69, 9.17) is 0 Å².